The average molecular weight is 913 g/mol. The predicted octanol–water partition coefficient (Wildman–Crippen LogP) is -4.23. The Bertz CT molecular complexity index is 2230. The van der Waals surface area contributed by atoms with Gasteiger partial charge in [0, 0.05) is 0 Å². The van der Waals surface area contributed by atoms with Crippen LogP contribution in [-0.2, 0) is 58.6 Å². The van der Waals surface area contributed by atoms with Crippen molar-refractivity contribution in [2.75, 3.05) is 24.7 Å². The minimum absolute atomic E-state index is 0.0318. The van der Waals surface area contributed by atoms with Crippen LogP contribution in [0.5, 0.6) is 0 Å². The molecule has 32 nitrogen and oxygen atoms in total. The van der Waals surface area contributed by atoms with E-state index in [0.717, 1.165) is 34.4 Å². The first kappa shape index (κ1) is 43.7. The van der Waals surface area contributed by atoms with Crippen molar-refractivity contribution in [1.82, 2.24) is 39.0 Å². The summed E-state index contributed by atoms with van der Waals surface area (Å²) in [6, 6.07) is 0. The van der Waals surface area contributed by atoms with E-state index in [9.17, 15) is 67.7 Å². The number of imidazole rings is 2. The molecule has 0 amide bonds. The second-order valence-electron chi connectivity index (χ2n) is 11.5. The Morgan fingerprint density at radius 2 is 0.947 bits per heavy atom. The monoisotopic (exact) mass is 913 g/mol. The summed E-state index contributed by atoms with van der Waals surface area (Å²) in [6.45, 7) is -2.44. The summed E-state index contributed by atoms with van der Waals surface area (Å²) in [5.41, 5.74) is 11.6. The van der Waals surface area contributed by atoms with Crippen molar-refractivity contribution in [3.05, 3.63) is 25.3 Å². The highest BCUT2D eigenvalue weighted by atomic mass is 31.3. The predicted molar refractivity (Wildman–Crippen MR) is 170 cm³/mol. The highest BCUT2D eigenvalue weighted by molar-refractivity contribution is 7.70. The third-order valence-electron chi connectivity index (χ3n) is 7.61. The molecule has 2 saturated heterocycles. The first-order valence-electron chi connectivity index (χ1n) is 15.0. The van der Waals surface area contributed by atoms with Crippen LogP contribution in [0.25, 0.3) is 22.3 Å². The van der Waals surface area contributed by atoms with Gasteiger partial charge in [-0.05, 0) is 0 Å². The molecular formula is C20H26N10O22P5-3. The largest absolute Gasteiger partial charge is 0.756 e. The van der Waals surface area contributed by atoms with Crippen LogP contribution < -0.4 is 26.1 Å². The van der Waals surface area contributed by atoms with Crippen molar-refractivity contribution < 1.29 is 103 Å². The maximum absolute atomic E-state index is 12.3. The number of aliphatic hydroxyl groups is 4. The van der Waals surface area contributed by atoms with Crippen molar-refractivity contribution in [3.63, 3.8) is 0 Å². The molecule has 0 aliphatic carbocycles. The number of ether oxygens (including phenoxy) is 2. The number of hydrogen-bond donors (Lipinski definition) is 8. The molecule has 0 bridgehead atoms. The zero-order valence-corrected chi connectivity index (χ0v) is 32.0. The molecular weight excluding hydrogens is 887 g/mol. The molecule has 4 aromatic rings. The van der Waals surface area contributed by atoms with E-state index in [-0.39, 0.29) is 34.0 Å². The Hall–Kier alpha value is -2.83. The molecule has 4 aromatic heterocycles. The molecule has 4 unspecified atom stereocenters. The number of nitrogens with zero attached hydrogens (tertiary/aromatic N) is 8. The second kappa shape index (κ2) is 16.0. The van der Waals surface area contributed by atoms with E-state index in [4.69, 9.17) is 20.9 Å². The minimum Gasteiger partial charge on any atom is -0.756 e. The molecule has 37 heteroatoms. The number of nitrogens with two attached hydrogens (primary N) is 2. The molecule has 12 atom stereocenters. The van der Waals surface area contributed by atoms with Gasteiger partial charge >= 0.3 is 15.6 Å². The van der Waals surface area contributed by atoms with E-state index >= 15 is 0 Å². The Morgan fingerprint density at radius 3 is 1.32 bits per heavy atom. The smallest absolute Gasteiger partial charge is 0.478 e. The summed E-state index contributed by atoms with van der Waals surface area (Å²) >= 11 is 0. The van der Waals surface area contributed by atoms with Gasteiger partial charge in [-0.3, -0.25) is 31.9 Å². The first-order valence-corrected chi connectivity index (χ1v) is 22.4. The van der Waals surface area contributed by atoms with Crippen LogP contribution in [0.3, 0.4) is 0 Å². The molecule has 0 radical (unpaired) electrons. The van der Waals surface area contributed by atoms with Gasteiger partial charge < -0.3 is 65.8 Å². The highest BCUT2D eigenvalue weighted by Gasteiger charge is 2.47. The first-order chi connectivity index (χ1) is 26.4. The quantitative estimate of drug-likeness (QED) is 0.0494. The molecule has 10 N–H and O–H groups in total. The summed E-state index contributed by atoms with van der Waals surface area (Å²) in [5.74, 6) is -0.105. The Balaban J connectivity index is 1.00. The molecule has 2 aliphatic rings. The molecule has 2 fully saturated rings. The maximum Gasteiger partial charge on any atom is 0.478 e. The van der Waals surface area contributed by atoms with E-state index in [2.05, 4.69) is 56.2 Å². The summed E-state index contributed by atoms with van der Waals surface area (Å²) in [5, 5.41) is 41.7. The van der Waals surface area contributed by atoms with Crippen LogP contribution in [0.1, 0.15) is 12.5 Å². The van der Waals surface area contributed by atoms with Gasteiger partial charge in [0.1, 0.15) is 60.3 Å². The van der Waals surface area contributed by atoms with E-state index in [1.54, 1.807) is 0 Å². The lowest BCUT2D eigenvalue weighted by atomic mass is 10.1. The Labute approximate surface area is 314 Å². The van der Waals surface area contributed by atoms with Crippen LogP contribution in [-0.4, -0.2) is 119 Å². The summed E-state index contributed by atoms with van der Waals surface area (Å²) in [4.78, 5) is 79.3. The summed E-state index contributed by atoms with van der Waals surface area (Å²) in [6.07, 6.45) is -9.36. The van der Waals surface area contributed by atoms with Gasteiger partial charge in [0.25, 0.3) is 23.5 Å². The van der Waals surface area contributed by atoms with Gasteiger partial charge in [-0.25, -0.2) is 56.3 Å². The number of nitrogen functional groups attached to an aromatic ring is 2. The number of aliphatic hydroxyl groups excluding tert-OH is 4. The zero-order valence-electron chi connectivity index (χ0n) is 27.5. The van der Waals surface area contributed by atoms with Crippen LogP contribution in [0, 0.1) is 0 Å². The minimum atomic E-state index is -6.82. The van der Waals surface area contributed by atoms with Gasteiger partial charge in [-0.15, -0.1) is 0 Å². The maximum atomic E-state index is 12.3. The van der Waals surface area contributed by atoms with E-state index in [0.29, 0.717) is 0 Å². The molecule has 2 aliphatic heterocycles. The molecule has 6 rings (SSSR count). The van der Waals surface area contributed by atoms with Crippen molar-refractivity contribution >= 4 is 73.1 Å². The van der Waals surface area contributed by atoms with Crippen molar-refractivity contribution in [3.8, 4) is 0 Å². The normalized spacial score (nSPS) is 30.8. The lowest BCUT2D eigenvalue weighted by molar-refractivity contribution is -0.246. The Morgan fingerprint density at radius 1 is 0.596 bits per heavy atom. The number of rotatable bonds is 16. The van der Waals surface area contributed by atoms with Crippen LogP contribution in [0.2, 0.25) is 0 Å². The van der Waals surface area contributed by atoms with E-state index in [1.807, 2.05) is 0 Å². The van der Waals surface area contributed by atoms with Gasteiger partial charge in [-0.1, -0.05) is 0 Å². The average Bonchev–Trinajstić information content (AvgIpc) is 3.83. The third-order valence-corrected chi connectivity index (χ3v) is 15.0. The SMILES string of the molecule is Nc1ncnc2c1ncn2[C@@H]1O[C@H](COP(=O)(O)OP(=O)([O-])OP(=O)([O-])OP(=O)([O-])OP(=O)(O)OC[C@H]2O[C@@H](n3cnc4c(N)ncnc43)[C@H](O)[C@@H]2O)[C@@H](O)[C@H]1O. The van der Waals surface area contributed by atoms with Crippen LogP contribution >= 0.6 is 39.1 Å². The van der Waals surface area contributed by atoms with E-state index in [1.165, 1.54) is 0 Å². The molecule has 0 saturated carbocycles. The number of hydrogen-bond acceptors (Lipinski definition) is 28. The fourth-order valence-corrected chi connectivity index (χ4v) is 11.4. The zero-order chi connectivity index (χ0) is 41.9. The van der Waals surface area contributed by atoms with Crippen LogP contribution in [0.15, 0.2) is 25.3 Å². The lowest BCUT2D eigenvalue weighted by Gasteiger charge is -2.34. The van der Waals surface area contributed by atoms with E-state index < -0.39 is 101 Å². The molecule has 57 heavy (non-hydrogen) atoms. The lowest BCUT2D eigenvalue weighted by Crippen LogP contribution is -2.33. The topological polar surface area (TPSA) is 489 Å². The fraction of sp³-hybridized carbons (Fsp3) is 0.500. The van der Waals surface area contributed by atoms with Gasteiger partial charge in [-0.2, -0.15) is 0 Å². The highest BCUT2D eigenvalue weighted by Crippen LogP contribution is 2.70. The van der Waals surface area contributed by atoms with Crippen LogP contribution in [0.4, 0.5) is 11.6 Å². The van der Waals surface area contributed by atoms with Crippen molar-refractivity contribution in [2.24, 2.45) is 0 Å². The number of fused-ring (bicyclic) bond motifs is 2. The molecule has 316 valence electrons. The number of aromatic nitrogens is 8. The molecule has 0 aromatic carbocycles. The van der Waals surface area contributed by atoms with Crippen molar-refractivity contribution in [1.29, 1.82) is 0 Å². The number of phosphoric ester groups is 2. The number of anilines is 2. The van der Waals surface area contributed by atoms with Crippen molar-refractivity contribution in [2.45, 2.75) is 49.1 Å². The summed E-state index contributed by atoms with van der Waals surface area (Å²) in [7, 11) is -32.1. The fourth-order valence-electron chi connectivity index (χ4n) is 5.23. The van der Waals surface area contributed by atoms with Gasteiger partial charge in [0.2, 0.25) is 0 Å². The third kappa shape index (κ3) is 9.80. The second-order valence-corrected chi connectivity index (χ2v) is 19.1. The van der Waals surface area contributed by atoms with Gasteiger partial charge in [0.15, 0.2) is 35.4 Å². The molecule has 6 heterocycles. The summed E-state index contributed by atoms with van der Waals surface area (Å²) < 4.78 is 97.1. The van der Waals surface area contributed by atoms with Gasteiger partial charge in [0.05, 0.1) is 25.9 Å². The number of phosphoric acid groups is 5. The standard InChI is InChI=1S/C20H29N10O22P5/c21-15-9-17(25-3-23-15)29(5-27-9)19-13(33)11(31)7(47-19)1-45-53(35,36)49-55(39,40)51-57(43,44)52-56(41,42)50-54(37,38)46-2-8-12(32)14(34)20(48-8)30-6-28-10-16(22)24-4-26-18(10)30/h3-8,11-14,19-20,31-34H,1-2H2,(H,35,36)(H,37,38)(H,39,40)(H,41,42)(H,43,44)(H2,21,23,25)(H2,22,24,26)/p-3/t7-,8-,11-,12-,13-,14-,19-,20-/m1/s1. The molecule has 0 spiro atoms. The Kier molecular flexibility index (Phi) is 12.3.